The van der Waals surface area contributed by atoms with Crippen LogP contribution in [0.25, 0.3) is 0 Å². The fourth-order valence-corrected chi connectivity index (χ4v) is 3.69. The highest BCUT2D eigenvalue weighted by molar-refractivity contribution is 14.0. The molecule has 1 aromatic rings. The van der Waals surface area contributed by atoms with Gasteiger partial charge in [-0.25, -0.2) is 4.99 Å². The molecule has 8 nitrogen and oxygen atoms in total. The second kappa shape index (κ2) is 16.9. The molecule has 188 valence electrons. The Morgan fingerprint density at radius 1 is 1.15 bits per heavy atom. The molecule has 0 spiro atoms. The van der Waals surface area contributed by atoms with Crippen molar-refractivity contribution >= 4 is 35.8 Å². The van der Waals surface area contributed by atoms with Crippen LogP contribution in [-0.2, 0) is 9.53 Å². The second-order valence-corrected chi connectivity index (χ2v) is 8.20. The van der Waals surface area contributed by atoms with E-state index in [2.05, 4.69) is 32.7 Å². The highest BCUT2D eigenvalue weighted by atomic mass is 127. The number of carbonyl (C=O) groups is 1. The third-order valence-electron chi connectivity index (χ3n) is 5.63. The van der Waals surface area contributed by atoms with E-state index in [0.29, 0.717) is 19.1 Å². The number of piperidine rings is 1. The fraction of sp³-hybridized carbons (Fsp3) is 0.667. The minimum Gasteiger partial charge on any atom is -0.497 e. The largest absolute Gasteiger partial charge is 0.497 e. The number of amides is 1. The van der Waals surface area contributed by atoms with Crippen molar-refractivity contribution in [3.8, 4) is 5.75 Å². The minimum atomic E-state index is -0.0249. The molecule has 1 aliphatic heterocycles. The van der Waals surface area contributed by atoms with Gasteiger partial charge < -0.3 is 25.0 Å². The van der Waals surface area contributed by atoms with E-state index in [9.17, 15) is 4.79 Å². The molecule has 2 rings (SSSR count). The molecule has 1 saturated heterocycles. The topological polar surface area (TPSA) is 78.4 Å². The van der Waals surface area contributed by atoms with E-state index in [1.807, 2.05) is 19.1 Å². The summed E-state index contributed by atoms with van der Waals surface area (Å²) < 4.78 is 10.8. The summed E-state index contributed by atoms with van der Waals surface area (Å²) in [5.41, 5.74) is 1.25. The van der Waals surface area contributed by atoms with Crippen molar-refractivity contribution in [3.05, 3.63) is 29.8 Å². The third kappa shape index (κ3) is 10.9. The Bertz CT molecular complexity index is 694. The molecule has 1 heterocycles. The van der Waals surface area contributed by atoms with Crippen LogP contribution < -0.4 is 15.4 Å². The number of nitrogens with zero attached hydrogens (tertiary/aromatic N) is 3. The normalized spacial score (nSPS) is 15.3. The first-order valence-electron chi connectivity index (χ1n) is 11.7. The predicted octanol–water partition coefficient (Wildman–Crippen LogP) is 2.89. The lowest BCUT2D eigenvalue weighted by Gasteiger charge is -2.35. The van der Waals surface area contributed by atoms with E-state index < -0.39 is 0 Å². The maximum atomic E-state index is 12.1. The average molecular weight is 576 g/mol. The Morgan fingerprint density at radius 3 is 2.45 bits per heavy atom. The van der Waals surface area contributed by atoms with E-state index in [0.717, 1.165) is 38.4 Å². The maximum Gasteiger partial charge on any atom is 0.243 e. The van der Waals surface area contributed by atoms with Crippen LogP contribution in [0.4, 0.5) is 0 Å². The Kier molecular flexibility index (Phi) is 15.1. The molecule has 0 saturated carbocycles. The fourth-order valence-electron chi connectivity index (χ4n) is 3.69. The molecule has 0 radical (unpaired) electrons. The molecule has 9 heteroatoms. The highest BCUT2D eigenvalue weighted by Crippen LogP contribution is 2.25. The van der Waals surface area contributed by atoms with E-state index in [-0.39, 0.29) is 42.5 Å². The number of halogens is 1. The van der Waals surface area contributed by atoms with Crippen molar-refractivity contribution in [2.75, 3.05) is 67.1 Å². The van der Waals surface area contributed by atoms with Gasteiger partial charge in [0.2, 0.25) is 5.91 Å². The summed E-state index contributed by atoms with van der Waals surface area (Å²) in [6.07, 6.45) is 4.62. The van der Waals surface area contributed by atoms with Gasteiger partial charge in [-0.2, -0.15) is 0 Å². The van der Waals surface area contributed by atoms with Crippen LogP contribution in [-0.4, -0.2) is 88.8 Å². The van der Waals surface area contributed by atoms with E-state index in [1.54, 1.807) is 26.1 Å². The Hall–Kier alpha value is -1.59. The summed E-state index contributed by atoms with van der Waals surface area (Å²) in [5.74, 6) is 1.50. The number of hydrogen-bond acceptors (Lipinski definition) is 5. The molecule has 1 unspecified atom stereocenters. The number of carbonyl (C=O) groups excluding carboxylic acids is 1. The number of aliphatic imine (C=N–C) groups is 1. The Labute approximate surface area is 216 Å². The van der Waals surface area contributed by atoms with Crippen molar-refractivity contribution < 1.29 is 14.3 Å². The average Bonchev–Trinajstić information content (AvgIpc) is 2.82. The summed E-state index contributed by atoms with van der Waals surface area (Å²) in [4.78, 5) is 20.7. The van der Waals surface area contributed by atoms with Gasteiger partial charge in [0.05, 0.1) is 13.2 Å². The predicted molar refractivity (Wildman–Crippen MR) is 145 cm³/mol. The molecular formula is C24H42IN5O3. The number of likely N-dealkylation sites (N-methyl/N-ethyl adjacent to an activating group) is 1. The first kappa shape index (κ1) is 29.4. The zero-order valence-corrected chi connectivity index (χ0v) is 23.0. The number of guanidine groups is 1. The van der Waals surface area contributed by atoms with Gasteiger partial charge in [-0.05, 0) is 57.0 Å². The van der Waals surface area contributed by atoms with Gasteiger partial charge in [0.15, 0.2) is 5.96 Å². The third-order valence-corrected chi connectivity index (χ3v) is 5.63. The molecule has 1 aromatic carbocycles. The summed E-state index contributed by atoms with van der Waals surface area (Å²) in [5, 5.41) is 6.83. The number of benzene rings is 1. The van der Waals surface area contributed by atoms with Gasteiger partial charge in [0.25, 0.3) is 0 Å². The number of rotatable bonds is 12. The van der Waals surface area contributed by atoms with Crippen molar-refractivity contribution in [2.45, 2.75) is 38.6 Å². The number of ether oxygens (including phenoxy) is 2. The zero-order chi connectivity index (χ0) is 23.2. The van der Waals surface area contributed by atoms with Gasteiger partial charge in [-0.3, -0.25) is 9.69 Å². The lowest BCUT2D eigenvalue weighted by atomic mass is 10.0. The molecule has 2 N–H and O–H groups in total. The second-order valence-electron chi connectivity index (χ2n) is 8.20. The molecule has 0 aromatic heterocycles. The van der Waals surface area contributed by atoms with Gasteiger partial charge in [-0.1, -0.05) is 18.6 Å². The van der Waals surface area contributed by atoms with Crippen molar-refractivity contribution in [2.24, 2.45) is 4.99 Å². The molecule has 1 amide bonds. The van der Waals surface area contributed by atoms with E-state index >= 15 is 0 Å². The SMILES string of the molecule is CCOCCCNC(=NCC(=O)N(C)C)NCC(c1ccc(OC)cc1)N1CCCCC1.I. The highest BCUT2D eigenvalue weighted by Gasteiger charge is 2.22. The van der Waals surface area contributed by atoms with Crippen LogP contribution in [0.1, 0.15) is 44.2 Å². The van der Waals surface area contributed by atoms with Gasteiger partial charge in [0.1, 0.15) is 12.3 Å². The molecule has 1 atom stereocenters. The summed E-state index contributed by atoms with van der Waals surface area (Å²) in [6.45, 7) is 7.15. The molecule has 0 aliphatic carbocycles. The first-order valence-corrected chi connectivity index (χ1v) is 11.7. The van der Waals surface area contributed by atoms with Crippen LogP contribution >= 0.6 is 24.0 Å². The van der Waals surface area contributed by atoms with Crippen LogP contribution in [0.15, 0.2) is 29.3 Å². The van der Waals surface area contributed by atoms with Crippen LogP contribution in [0.3, 0.4) is 0 Å². The monoisotopic (exact) mass is 575 g/mol. The Morgan fingerprint density at radius 2 is 1.85 bits per heavy atom. The molecule has 0 bridgehead atoms. The number of hydrogen-bond donors (Lipinski definition) is 2. The Balaban J connectivity index is 0.00000544. The smallest absolute Gasteiger partial charge is 0.243 e. The maximum absolute atomic E-state index is 12.1. The van der Waals surface area contributed by atoms with Gasteiger partial charge in [0, 0.05) is 40.4 Å². The zero-order valence-electron chi connectivity index (χ0n) is 20.6. The number of methoxy groups -OCH3 is 1. The lowest BCUT2D eigenvalue weighted by Crippen LogP contribution is -2.45. The van der Waals surface area contributed by atoms with Crippen molar-refractivity contribution in [3.63, 3.8) is 0 Å². The minimum absolute atomic E-state index is 0. The molecular weight excluding hydrogens is 533 g/mol. The quantitative estimate of drug-likeness (QED) is 0.173. The van der Waals surface area contributed by atoms with Crippen molar-refractivity contribution in [1.82, 2.24) is 20.4 Å². The van der Waals surface area contributed by atoms with Crippen LogP contribution in [0.2, 0.25) is 0 Å². The van der Waals surface area contributed by atoms with E-state index in [1.165, 1.54) is 24.8 Å². The van der Waals surface area contributed by atoms with Crippen LogP contribution in [0, 0.1) is 0 Å². The van der Waals surface area contributed by atoms with Gasteiger partial charge in [-0.15, -0.1) is 24.0 Å². The summed E-state index contributed by atoms with van der Waals surface area (Å²) >= 11 is 0. The standard InChI is InChI=1S/C24H41N5O3.HI/c1-5-32-17-9-14-25-24(27-19-23(30)28(2)3)26-18-22(29-15-7-6-8-16-29)20-10-12-21(31-4)13-11-20;/h10-13,22H,5-9,14-19H2,1-4H3,(H2,25,26,27);1H. The molecule has 1 fully saturated rings. The number of likely N-dealkylation sites (tertiary alicyclic amines) is 1. The molecule has 1 aliphatic rings. The van der Waals surface area contributed by atoms with E-state index in [4.69, 9.17) is 9.47 Å². The van der Waals surface area contributed by atoms with Crippen LogP contribution in [0.5, 0.6) is 5.75 Å². The summed E-state index contributed by atoms with van der Waals surface area (Å²) in [7, 11) is 5.18. The number of nitrogens with one attached hydrogen (secondary N) is 2. The molecule has 33 heavy (non-hydrogen) atoms. The first-order chi connectivity index (χ1) is 15.5. The van der Waals surface area contributed by atoms with Crippen molar-refractivity contribution in [1.29, 1.82) is 0 Å². The summed E-state index contributed by atoms with van der Waals surface area (Å²) in [6, 6.07) is 8.54. The lowest BCUT2D eigenvalue weighted by molar-refractivity contribution is -0.127. The van der Waals surface area contributed by atoms with Gasteiger partial charge >= 0.3 is 0 Å².